The van der Waals surface area contributed by atoms with Gasteiger partial charge in [0.05, 0.1) is 13.2 Å². The van der Waals surface area contributed by atoms with Gasteiger partial charge < -0.3 is 15.8 Å². The number of nitrogen functional groups attached to an aromatic ring is 1. The van der Waals surface area contributed by atoms with Crippen molar-refractivity contribution >= 4 is 23.4 Å². The summed E-state index contributed by atoms with van der Waals surface area (Å²) in [5.41, 5.74) is 5.51. The number of nitrogens with zero attached hydrogens (tertiary/aromatic N) is 3. The Balaban J connectivity index is 1.68. The summed E-state index contributed by atoms with van der Waals surface area (Å²) in [5, 5.41) is 3.55. The van der Waals surface area contributed by atoms with Crippen LogP contribution in [-0.2, 0) is 4.74 Å². The molecule has 0 aliphatic carbocycles. The van der Waals surface area contributed by atoms with Gasteiger partial charge >= 0.3 is 0 Å². The first kappa shape index (κ1) is 13.3. The highest BCUT2D eigenvalue weighted by Crippen LogP contribution is 2.12. The molecule has 0 saturated carbocycles. The summed E-state index contributed by atoms with van der Waals surface area (Å²) in [4.78, 5) is 10.3. The Bertz CT molecular complexity index is 363. The molecule has 6 nitrogen and oxygen atoms in total. The minimum Gasteiger partial charge on any atom is -0.379 e. The van der Waals surface area contributed by atoms with E-state index in [2.05, 4.69) is 20.2 Å². The van der Waals surface area contributed by atoms with Crippen LogP contribution in [0.2, 0.25) is 5.15 Å². The van der Waals surface area contributed by atoms with Crippen LogP contribution in [0.4, 0.5) is 11.8 Å². The number of halogens is 1. The molecule has 0 radical (unpaired) electrons. The lowest BCUT2D eigenvalue weighted by Crippen LogP contribution is -2.37. The first-order valence-corrected chi connectivity index (χ1v) is 6.46. The number of ether oxygens (including phenoxy) is 1. The van der Waals surface area contributed by atoms with Gasteiger partial charge in [0.2, 0.25) is 5.95 Å². The zero-order valence-electron chi connectivity index (χ0n) is 10.2. The van der Waals surface area contributed by atoms with E-state index < -0.39 is 0 Å². The fourth-order valence-corrected chi connectivity index (χ4v) is 2.06. The second kappa shape index (κ2) is 6.72. The highest BCUT2D eigenvalue weighted by atomic mass is 35.5. The van der Waals surface area contributed by atoms with Crippen LogP contribution in [0.3, 0.4) is 0 Å². The van der Waals surface area contributed by atoms with Crippen LogP contribution in [0.15, 0.2) is 6.07 Å². The number of hydrogen-bond acceptors (Lipinski definition) is 6. The van der Waals surface area contributed by atoms with Crippen molar-refractivity contribution in [1.29, 1.82) is 0 Å². The number of rotatable bonds is 5. The lowest BCUT2D eigenvalue weighted by Gasteiger charge is -2.26. The predicted molar refractivity (Wildman–Crippen MR) is 71.8 cm³/mol. The van der Waals surface area contributed by atoms with Gasteiger partial charge in [-0.25, -0.2) is 4.98 Å². The van der Waals surface area contributed by atoms with Gasteiger partial charge in [-0.15, -0.1) is 0 Å². The van der Waals surface area contributed by atoms with Crippen LogP contribution in [0.25, 0.3) is 0 Å². The fourth-order valence-electron chi connectivity index (χ4n) is 1.87. The van der Waals surface area contributed by atoms with E-state index in [1.54, 1.807) is 6.07 Å². The van der Waals surface area contributed by atoms with E-state index in [4.69, 9.17) is 22.1 Å². The van der Waals surface area contributed by atoms with Crippen molar-refractivity contribution < 1.29 is 4.74 Å². The molecule has 3 N–H and O–H groups in total. The highest BCUT2D eigenvalue weighted by Gasteiger charge is 2.09. The molecule has 1 fully saturated rings. The number of nitrogens with two attached hydrogens (primary N) is 1. The van der Waals surface area contributed by atoms with Crippen molar-refractivity contribution in [3.8, 4) is 0 Å². The van der Waals surface area contributed by atoms with Gasteiger partial charge in [-0.05, 0) is 13.0 Å². The molecule has 2 heterocycles. The fraction of sp³-hybridized carbons (Fsp3) is 0.636. The molecule has 0 atom stereocenters. The average molecular weight is 272 g/mol. The lowest BCUT2D eigenvalue weighted by atomic mass is 10.3. The third-order valence-corrected chi connectivity index (χ3v) is 2.97. The van der Waals surface area contributed by atoms with Crippen LogP contribution in [0.1, 0.15) is 6.42 Å². The topological polar surface area (TPSA) is 76.3 Å². The first-order valence-electron chi connectivity index (χ1n) is 6.08. The maximum Gasteiger partial charge on any atom is 0.223 e. The van der Waals surface area contributed by atoms with Crippen molar-refractivity contribution in [3.05, 3.63) is 11.2 Å². The summed E-state index contributed by atoms with van der Waals surface area (Å²) >= 11 is 5.79. The molecular weight excluding hydrogens is 254 g/mol. The van der Waals surface area contributed by atoms with E-state index in [9.17, 15) is 0 Å². The van der Waals surface area contributed by atoms with Crippen molar-refractivity contribution in [1.82, 2.24) is 14.9 Å². The van der Waals surface area contributed by atoms with Gasteiger partial charge in [-0.1, -0.05) is 11.6 Å². The average Bonchev–Trinajstić information content (AvgIpc) is 2.35. The first-order chi connectivity index (χ1) is 8.74. The molecule has 0 aromatic carbocycles. The van der Waals surface area contributed by atoms with Crippen molar-refractivity contribution in [3.63, 3.8) is 0 Å². The molecule has 1 aromatic heterocycles. The molecule has 0 bridgehead atoms. The smallest absolute Gasteiger partial charge is 0.223 e. The maximum absolute atomic E-state index is 5.79. The van der Waals surface area contributed by atoms with Gasteiger partial charge in [0, 0.05) is 25.7 Å². The van der Waals surface area contributed by atoms with E-state index >= 15 is 0 Å². The molecule has 1 aromatic rings. The van der Waals surface area contributed by atoms with Crippen LogP contribution in [0.5, 0.6) is 0 Å². The summed E-state index contributed by atoms with van der Waals surface area (Å²) < 4.78 is 5.30. The summed E-state index contributed by atoms with van der Waals surface area (Å²) in [6.45, 7) is 5.62. The molecular formula is C11H18ClN5O. The third kappa shape index (κ3) is 4.29. The number of nitrogens with one attached hydrogen (secondary N) is 1. The monoisotopic (exact) mass is 271 g/mol. The predicted octanol–water partition coefficient (Wildman–Crippen LogP) is 0.846. The van der Waals surface area contributed by atoms with E-state index in [0.29, 0.717) is 11.0 Å². The quantitative estimate of drug-likeness (QED) is 0.611. The number of anilines is 2. The molecule has 18 heavy (non-hydrogen) atoms. The molecule has 100 valence electrons. The zero-order chi connectivity index (χ0) is 12.8. The summed E-state index contributed by atoms with van der Waals surface area (Å²) in [6.07, 6.45) is 1.04. The molecule has 1 aliphatic rings. The Labute approximate surface area is 111 Å². The Morgan fingerprint density at radius 3 is 2.89 bits per heavy atom. The van der Waals surface area contributed by atoms with Gasteiger partial charge in [0.15, 0.2) is 0 Å². The Hall–Kier alpha value is -1.11. The molecule has 2 rings (SSSR count). The Morgan fingerprint density at radius 2 is 2.17 bits per heavy atom. The van der Waals surface area contributed by atoms with E-state index in [1.165, 1.54) is 0 Å². The molecule has 0 spiro atoms. The van der Waals surface area contributed by atoms with Crippen LogP contribution in [-0.4, -0.2) is 54.3 Å². The SMILES string of the molecule is Nc1nc(Cl)cc(NCCCN2CCOCC2)n1. The van der Waals surface area contributed by atoms with E-state index in [1.807, 2.05) is 0 Å². The number of aromatic nitrogens is 2. The molecule has 1 aliphatic heterocycles. The van der Waals surface area contributed by atoms with Crippen molar-refractivity contribution in [2.45, 2.75) is 6.42 Å². The minimum atomic E-state index is 0.193. The van der Waals surface area contributed by atoms with Crippen molar-refractivity contribution in [2.24, 2.45) is 0 Å². The zero-order valence-corrected chi connectivity index (χ0v) is 11.0. The van der Waals surface area contributed by atoms with Crippen LogP contribution >= 0.6 is 11.6 Å². The number of hydrogen-bond donors (Lipinski definition) is 2. The van der Waals surface area contributed by atoms with Gasteiger partial charge in [-0.2, -0.15) is 4.98 Å². The molecule has 1 saturated heterocycles. The molecule has 0 unspecified atom stereocenters. The molecule has 7 heteroatoms. The minimum absolute atomic E-state index is 0.193. The summed E-state index contributed by atoms with van der Waals surface area (Å²) in [7, 11) is 0. The second-order valence-electron chi connectivity index (χ2n) is 4.17. The van der Waals surface area contributed by atoms with Crippen LogP contribution in [0, 0.1) is 0 Å². The standard InChI is InChI=1S/C11H18ClN5O/c12-9-8-10(16-11(13)15-9)14-2-1-3-17-4-6-18-7-5-17/h8H,1-7H2,(H3,13,14,15,16). The second-order valence-corrected chi connectivity index (χ2v) is 4.56. The summed E-state index contributed by atoms with van der Waals surface area (Å²) in [6, 6.07) is 1.67. The van der Waals surface area contributed by atoms with Gasteiger partial charge in [0.25, 0.3) is 0 Å². The molecule has 0 amide bonds. The largest absolute Gasteiger partial charge is 0.379 e. The maximum atomic E-state index is 5.79. The highest BCUT2D eigenvalue weighted by molar-refractivity contribution is 6.29. The third-order valence-electron chi connectivity index (χ3n) is 2.77. The van der Waals surface area contributed by atoms with E-state index in [0.717, 1.165) is 45.8 Å². The van der Waals surface area contributed by atoms with Crippen molar-refractivity contribution in [2.75, 3.05) is 50.4 Å². The summed E-state index contributed by atoms with van der Waals surface area (Å²) in [5.74, 6) is 0.868. The normalized spacial score (nSPS) is 16.7. The van der Waals surface area contributed by atoms with Gasteiger partial charge in [0.1, 0.15) is 11.0 Å². The van der Waals surface area contributed by atoms with Gasteiger partial charge in [-0.3, -0.25) is 4.90 Å². The van der Waals surface area contributed by atoms with Crippen LogP contribution < -0.4 is 11.1 Å². The number of morpholine rings is 1. The Kier molecular flexibility index (Phi) is 4.98. The lowest BCUT2D eigenvalue weighted by molar-refractivity contribution is 0.0378. The van der Waals surface area contributed by atoms with E-state index in [-0.39, 0.29) is 5.95 Å². The Morgan fingerprint density at radius 1 is 1.39 bits per heavy atom.